The number of pyridine rings is 1. The molecule has 1 N–H and O–H groups in total. The molecule has 0 aliphatic heterocycles. The Morgan fingerprint density at radius 2 is 1.88 bits per heavy atom. The molecule has 0 unspecified atom stereocenters. The summed E-state index contributed by atoms with van der Waals surface area (Å²) in [6.45, 7) is 0. The molecule has 0 fully saturated rings. The molecule has 0 radical (unpaired) electrons. The van der Waals surface area contributed by atoms with Crippen molar-refractivity contribution in [3.8, 4) is 0 Å². The van der Waals surface area contributed by atoms with Gasteiger partial charge in [0.05, 0.1) is 5.02 Å². The van der Waals surface area contributed by atoms with Gasteiger partial charge in [-0.15, -0.1) is 0 Å². The van der Waals surface area contributed by atoms with Gasteiger partial charge in [-0.3, -0.25) is 9.78 Å². The van der Waals surface area contributed by atoms with Crippen LogP contribution in [-0.2, 0) is 6.42 Å². The number of carbonyl (C=O) groups excluding carboxylic acids is 1. The molecule has 0 spiro atoms. The van der Waals surface area contributed by atoms with E-state index < -0.39 is 27.3 Å². The fourth-order valence-electron chi connectivity index (χ4n) is 2.05. The third kappa shape index (κ3) is 4.15. The Kier molecular flexibility index (Phi) is 4.09. The van der Waals surface area contributed by atoms with Crippen LogP contribution >= 0.6 is 21.8 Å². The van der Waals surface area contributed by atoms with Gasteiger partial charge in [0.15, 0.2) is 5.78 Å². The number of carbonyl (C=O) groups is 1. The van der Waals surface area contributed by atoms with Crippen molar-refractivity contribution >= 4 is 33.3 Å². The molecule has 0 saturated carbocycles. The Balaban J connectivity index is 2.47. The number of benzene rings is 1. The van der Waals surface area contributed by atoms with Crippen molar-refractivity contribution in [3.05, 3.63) is 52.8 Å². The van der Waals surface area contributed by atoms with Gasteiger partial charge in [0.25, 0.3) is 0 Å². The van der Waals surface area contributed by atoms with Gasteiger partial charge in [-0.05, 0) is 35.9 Å². The summed E-state index contributed by atoms with van der Waals surface area (Å²) in [5.74, 6) is -0.684. The highest BCUT2D eigenvalue weighted by molar-refractivity contribution is 8.45. The van der Waals surface area contributed by atoms with Gasteiger partial charge in [0, 0.05) is 25.4 Å². The van der Waals surface area contributed by atoms with Crippen molar-refractivity contribution < 1.29 is 24.2 Å². The van der Waals surface area contributed by atoms with Gasteiger partial charge in [0.2, 0.25) is 0 Å². The number of nitrogens with one attached hydrogen (secondary N) is 1. The fraction of sp³-hybridized carbons (Fsp3) is 0.143. The zero-order chi connectivity index (χ0) is 18.2. The fourth-order valence-corrected chi connectivity index (χ4v) is 2.96. The van der Waals surface area contributed by atoms with E-state index in [9.17, 15) is 24.2 Å². The van der Waals surface area contributed by atoms with Crippen molar-refractivity contribution in [2.45, 2.75) is 11.3 Å². The van der Waals surface area contributed by atoms with Crippen molar-refractivity contribution in [1.29, 1.82) is 0 Å². The zero-order valence-electron chi connectivity index (χ0n) is 12.2. The van der Waals surface area contributed by atoms with Gasteiger partial charge >= 0.3 is 10.2 Å². The van der Waals surface area contributed by atoms with E-state index in [1.54, 1.807) is 0 Å². The number of hydrogen-bond acceptors (Lipinski definition) is 3. The molecule has 1 aromatic heterocycles. The number of nitrogens with zero attached hydrogens (tertiary/aromatic N) is 1. The minimum absolute atomic E-state index is 0.0253. The maximum absolute atomic E-state index is 12.9. The summed E-state index contributed by atoms with van der Waals surface area (Å²) in [7, 11) is -8.44. The van der Waals surface area contributed by atoms with Crippen LogP contribution in [0.1, 0.15) is 16.1 Å². The van der Waals surface area contributed by atoms with E-state index in [4.69, 9.17) is 11.6 Å². The molecule has 1 aromatic carbocycles. The first kappa shape index (κ1) is 18.5. The molecule has 2 rings (SSSR count). The summed E-state index contributed by atoms with van der Waals surface area (Å²) in [4.78, 5) is 13.9. The Labute approximate surface area is 139 Å². The minimum atomic E-state index is -9.84. The largest absolute Gasteiger partial charge is 0.388 e. The van der Waals surface area contributed by atoms with E-state index in [1.807, 2.05) is 0 Å². The molecule has 0 amide bonds. The van der Waals surface area contributed by atoms with E-state index in [0.717, 1.165) is 6.07 Å². The van der Waals surface area contributed by atoms with E-state index in [2.05, 4.69) is 10.3 Å². The lowest BCUT2D eigenvalue weighted by Gasteiger charge is -2.40. The number of halogens is 6. The number of anilines is 1. The maximum Gasteiger partial charge on any atom is 0.310 e. The summed E-state index contributed by atoms with van der Waals surface area (Å²) < 4.78 is 64.7. The lowest BCUT2D eigenvalue weighted by Crippen LogP contribution is -2.11. The van der Waals surface area contributed by atoms with Crippen LogP contribution < -0.4 is 5.32 Å². The summed E-state index contributed by atoms with van der Waals surface area (Å²) in [5.41, 5.74) is -0.241. The predicted octanol–water partition coefficient (Wildman–Crippen LogP) is 5.86. The molecule has 2 aromatic rings. The molecule has 0 bridgehead atoms. The first-order chi connectivity index (χ1) is 10.8. The highest BCUT2D eigenvalue weighted by atomic mass is 35.5. The van der Waals surface area contributed by atoms with Crippen molar-refractivity contribution in [2.24, 2.45) is 0 Å². The van der Waals surface area contributed by atoms with Crippen LogP contribution in [0.5, 0.6) is 0 Å². The summed E-state index contributed by atoms with van der Waals surface area (Å²) in [6, 6.07) is 4.30. The van der Waals surface area contributed by atoms with Crippen LogP contribution in [0.3, 0.4) is 0 Å². The zero-order valence-corrected chi connectivity index (χ0v) is 13.8. The van der Waals surface area contributed by atoms with E-state index in [-0.39, 0.29) is 34.1 Å². The Hall–Kier alpha value is -1.87. The van der Waals surface area contributed by atoms with Crippen LogP contribution in [0, 0.1) is 0 Å². The van der Waals surface area contributed by atoms with Crippen LogP contribution in [0.4, 0.5) is 25.1 Å². The monoisotopic (exact) mass is 386 g/mol. The first-order valence-electron chi connectivity index (χ1n) is 6.50. The second-order valence-electron chi connectivity index (χ2n) is 4.97. The molecular weight excluding hydrogens is 375 g/mol. The van der Waals surface area contributed by atoms with E-state index in [0.29, 0.717) is 0 Å². The Morgan fingerprint density at radius 1 is 1.21 bits per heavy atom. The normalized spacial score (nSPS) is 14.6. The quantitative estimate of drug-likeness (QED) is 0.517. The second-order valence-corrected chi connectivity index (χ2v) is 7.79. The molecule has 0 aliphatic rings. The Bertz CT molecular complexity index is 811. The second kappa shape index (κ2) is 5.32. The number of Topliss-reactive ketones (excluding diaryl/α,β-unsaturated/α-hetero) is 1. The highest BCUT2D eigenvalue weighted by Crippen LogP contribution is 3.02. The standard InChI is InChI=1S/C14H12ClF5N2OS/c1-21-12-5-4-10(24(16,17,18,19)20)7-9(12)8-13(23)14-11(15)3-2-6-22-14/h2-7,21H,8H2,1H3. The molecule has 10 heteroatoms. The molecule has 0 aliphatic carbocycles. The number of ketones is 1. The molecule has 0 saturated heterocycles. The Morgan fingerprint density at radius 3 is 2.42 bits per heavy atom. The maximum atomic E-state index is 12.9. The van der Waals surface area contributed by atoms with Gasteiger partial charge < -0.3 is 5.32 Å². The summed E-state index contributed by atoms with van der Waals surface area (Å²) in [6.07, 6.45) is 0.734. The van der Waals surface area contributed by atoms with Crippen LogP contribution in [0.25, 0.3) is 0 Å². The minimum Gasteiger partial charge on any atom is -0.388 e. The summed E-state index contributed by atoms with van der Waals surface area (Å²) in [5, 5.41) is 2.59. The average molecular weight is 387 g/mol. The molecule has 24 heavy (non-hydrogen) atoms. The smallest absolute Gasteiger partial charge is 0.310 e. The third-order valence-electron chi connectivity index (χ3n) is 3.17. The lowest BCUT2D eigenvalue weighted by atomic mass is 10.0. The molecular formula is C14H12ClF5N2OS. The van der Waals surface area contributed by atoms with Gasteiger partial charge in [-0.25, -0.2) is 0 Å². The molecule has 1 heterocycles. The summed E-state index contributed by atoms with van der Waals surface area (Å²) >= 11 is 5.81. The van der Waals surface area contributed by atoms with Crippen LogP contribution in [-0.4, -0.2) is 17.8 Å². The SMILES string of the molecule is CNc1ccc(S(F)(F)(F)(F)F)cc1CC(=O)c1ncccc1Cl. The third-order valence-corrected chi connectivity index (χ3v) is 4.61. The van der Waals surface area contributed by atoms with Gasteiger partial charge in [-0.2, -0.15) is 0 Å². The number of aromatic nitrogens is 1. The van der Waals surface area contributed by atoms with Crippen LogP contribution in [0.2, 0.25) is 5.02 Å². The van der Waals surface area contributed by atoms with Crippen molar-refractivity contribution in [3.63, 3.8) is 0 Å². The van der Waals surface area contributed by atoms with E-state index in [1.165, 1.54) is 25.4 Å². The number of hydrogen-bond donors (Lipinski definition) is 1. The van der Waals surface area contributed by atoms with Gasteiger partial charge in [-0.1, -0.05) is 31.0 Å². The topological polar surface area (TPSA) is 42.0 Å². The van der Waals surface area contributed by atoms with Crippen molar-refractivity contribution in [2.75, 3.05) is 12.4 Å². The first-order valence-corrected chi connectivity index (χ1v) is 8.83. The average Bonchev–Trinajstić information content (AvgIpc) is 2.45. The van der Waals surface area contributed by atoms with Gasteiger partial charge in [0.1, 0.15) is 10.6 Å². The molecule has 0 atom stereocenters. The van der Waals surface area contributed by atoms with E-state index >= 15 is 0 Å². The highest BCUT2D eigenvalue weighted by Gasteiger charge is 2.65. The predicted molar refractivity (Wildman–Crippen MR) is 84.7 cm³/mol. The molecule has 3 nitrogen and oxygen atoms in total. The van der Waals surface area contributed by atoms with Crippen molar-refractivity contribution in [1.82, 2.24) is 4.98 Å². The molecule has 132 valence electrons. The number of rotatable bonds is 5. The van der Waals surface area contributed by atoms with Crippen LogP contribution in [0.15, 0.2) is 41.4 Å². The lowest BCUT2D eigenvalue weighted by molar-refractivity contribution is 0.0988.